The van der Waals surface area contributed by atoms with Crippen LogP contribution in [0.4, 0.5) is 0 Å². The van der Waals surface area contributed by atoms with Gasteiger partial charge in [-0.3, -0.25) is 14.5 Å². The Labute approximate surface area is 160 Å². The Morgan fingerprint density at radius 1 is 1.31 bits per heavy atom. The summed E-state index contributed by atoms with van der Waals surface area (Å²) in [6.07, 6.45) is 2.17. The van der Waals surface area contributed by atoms with E-state index in [0.29, 0.717) is 11.4 Å². The number of hydrogen-bond donors (Lipinski definition) is 2. The van der Waals surface area contributed by atoms with Crippen LogP contribution in [0.25, 0.3) is 0 Å². The summed E-state index contributed by atoms with van der Waals surface area (Å²) in [5.41, 5.74) is 0.563. The van der Waals surface area contributed by atoms with Gasteiger partial charge < -0.3 is 10.2 Å². The number of halogens is 1. The SMILES string of the molecule is CC(CC(=O)N(C)C1CCNCC1)N=C1NS(=O)(=O)c2ccccc21.Cl. The van der Waals surface area contributed by atoms with Crippen molar-refractivity contribution in [1.82, 2.24) is 14.9 Å². The Balaban J connectivity index is 0.00000243. The van der Waals surface area contributed by atoms with E-state index >= 15 is 0 Å². The molecule has 0 radical (unpaired) electrons. The Morgan fingerprint density at radius 2 is 1.96 bits per heavy atom. The molecule has 1 aromatic rings. The van der Waals surface area contributed by atoms with Crippen molar-refractivity contribution in [3.8, 4) is 0 Å². The zero-order chi connectivity index (χ0) is 18.0. The summed E-state index contributed by atoms with van der Waals surface area (Å²) in [5.74, 6) is 0.360. The maximum atomic E-state index is 12.5. The van der Waals surface area contributed by atoms with E-state index < -0.39 is 10.0 Å². The number of aliphatic imine (C=N–C) groups is 1. The van der Waals surface area contributed by atoms with Crippen LogP contribution in [0.5, 0.6) is 0 Å². The second-order valence-electron chi connectivity index (χ2n) is 6.62. The highest BCUT2D eigenvalue weighted by molar-refractivity contribution is 7.90. The van der Waals surface area contributed by atoms with Crippen molar-refractivity contribution in [3.63, 3.8) is 0 Å². The van der Waals surface area contributed by atoms with Gasteiger partial charge in [0.2, 0.25) is 5.91 Å². The molecule has 0 aliphatic carbocycles. The fraction of sp³-hybridized carbons (Fsp3) is 0.529. The molecule has 2 aliphatic heterocycles. The van der Waals surface area contributed by atoms with Crippen LogP contribution in [0.3, 0.4) is 0 Å². The van der Waals surface area contributed by atoms with Gasteiger partial charge in [0.05, 0.1) is 10.9 Å². The zero-order valence-electron chi connectivity index (χ0n) is 14.9. The van der Waals surface area contributed by atoms with Gasteiger partial charge in [-0.25, -0.2) is 8.42 Å². The van der Waals surface area contributed by atoms with E-state index in [1.54, 1.807) is 24.3 Å². The van der Waals surface area contributed by atoms with Crippen LogP contribution >= 0.6 is 12.4 Å². The molecule has 26 heavy (non-hydrogen) atoms. The molecular weight excluding hydrogens is 376 g/mol. The summed E-state index contributed by atoms with van der Waals surface area (Å²) in [4.78, 5) is 19.0. The Bertz CT molecular complexity index is 791. The van der Waals surface area contributed by atoms with Crippen LogP contribution in [0.2, 0.25) is 0 Å². The Morgan fingerprint density at radius 3 is 2.65 bits per heavy atom. The molecule has 0 aromatic heterocycles. The first kappa shape index (κ1) is 20.7. The molecule has 1 aromatic carbocycles. The van der Waals surface area contributed by atoms with E-state index in [4.69, 9.17) is 0 Å². The van der Waals surface area contributed by atoms with Crippen molar-refractivity contribution in [2.45, 2.75) is 43.2 Å². The topological polar surface area (TPSA) is 90.9 Å². The minimum atomic E-state index is -3.55. The van der Waals surface area contributed by atoms with Crippen molar-refractivity contribution in [1.29, 1.82) is 0 Å². The molecule has 0 saturated carbocycles. The van der Waals surface area contributed by atoms with Crippen LogP contribution in [-0.2, 0) is 14.8 Å². The third-order valence-corrected chi connectivity index (χ3v) is 6.13. The monoisotopic (exact) mass is 400 g/mol. The standard InChI is InChI=1S/C17H24N4O3S.ClH/c1-12(11-16(22)21(2)13-7-9-18-10-8-13)19-17-14-5-3-4-6-15(14)25(23,24)20-17;/h3-6,12-13,18H,7-11H2,1-2H3,(H,19,20);1H. The van der Waals surface area contributed by atoms with Crippen molar-refractivity contribution < 1.29 is 13.2 Å². The summed E-state index contributed by atoms with van der Waals surface area (Å²) >= 11 is 0. The number of fused-ring (bicyclic) bond motifs is 1. The van der Waals surface area contributed by atoms with Gasteiger partial charge in [-0.15, -0.1) is 12.4 Å². The first-order chi connectivity index (χ1) is 11.9. The van der Waals surface area contributed by atoms with Crippen LogP contribution in [0.1, 0.15) is 31.7 Å². The lowest BCUT2D eigenvalue weighted by Gasteiger charge is -2.32. The molecule has 2 aliphatic rings. The van der Waals surface area contributed by atoms with Crippen LogP contribution in [0.15, 0.2) is 34.2 Å². The maximum absolute atomic E-state index is 12.5. The van der Waals surface area contributed by atoms with Gasteiger partial charge in [-0.2, -0.15) is 0 Å². The molecule has 9 heteroatoms. The third-order valence-electron chi connectivity index (χ3n) is 4.73. The van der Waals surface area contributed by atoms with Crippen LogP contribution in [0, 0.1) is 0 Å². The number of sulfonamides is 1. The number of hydrogen-bond acceptors (Lipinski definition) is 5. The van der Waals surface area contributed by atoms with E-state index in [9.17, 15) is 13.2 Å². The molecule has 2 N–H and O–H groups in total. The molecule has 1 amide bonds. The maximum Gasteiger partial charge on any atom is 0.263 e. The summed E-state index contributed by atoms with van der Waals surface area (Å²) in [5, 5.41) is 3.29. The molecule has 1 fully saturated rings. The highest BCUT2D eigenvalue weighted by Gasteiger charge is 2.31. The summed E-state index contributed by atoms with van der Waals surface area (Å²) in [6, 6.07) is 6.70. The predicted molar refractivity (Wildman–Crippen MR) is 103 cm³/mol. The highest BCUT2D eigenvalue weighted by Crippen LogP contribution is 2.23. The lowest BCUT2D eigenvalue weighted by atomic mass is 10.0. The van der Waals surface area contributed by atoms with Gasteiger partial charge in [0.25, 0.3) is 10.0 Å². The summed E-state index contributed by atoms with van der Waals surface area (Å²) in [6.45, 7) is 3.69. The number of amidine groups is 1. The molecule has 0 bridgehead atoms. The highest BCUT2D eigenvalue weighted by atomic mass is 35.5. The molecule has 1 unspecified atom stereocenters. The first-order valence-electron chi connectivity index (χ1n) is 8.55. The number of amides is 1. The summed E-state index contributed by atoms with van der Waals surface area (Å²) in [7, 11) is -1.71. The zero-order valence-corrected chi connectivity index (χ0v) is 16.6. The third kappa shape index (κ3) is 4.36. The fourth-order valence-corrected chi connectivity index (χ4v) is 4.53. The van der Waals surface area contributed by atoms with E-state index in [-0.39, 0.29) is 41.7 Å². The number of carbonyl (C=O) groups is 1. The molecule has 2 heterocycles. The van der Waals surface area contributed by atoms with Crippen LogP contribution in [-0.4, -0.2) is 57.3 Å². The van der Waals surface area contributed by atoms with E-state index in [2.05, 4.69) is 15.0 Å². The van der Waals surface area contributed by atoms with E-state index in [0.717, 1.165) is 25.9 Å². The molecule has 144 valence electrons. The lowest BCUT2D eigenvalue weighted by molar-refractivity contribution is -0.132. The first-order valence-corrected chi connectivity index (χ1v) is 10.0. The average molecular weight is 401 g/mol. The van der Waals surface area contributed by atoms with Crippen molar-refractivity contribution >= 4 is 34.2 Å². The molecule has 7 nitrogen and oxygen atoms in total. The van der Waals surface area contributed by atoms with E-state index in [1.807, 2.05) is 18.9 Å². The fourth-order valence-electron chi connectivity index (χ4n) is 3.29. The second-order valence-corrected chi connectivity index (χ2v) is 8.27. The summed E-state index contributed by atoms with van der Waals surface area (Å²) < 4.78 is 26.7. The van der Waals surface area contributed by atoms with Crippen molar-refractivity contribution in [3.05, 3.63) is 29.8 Å². The van der Waals surface area contributed by atoms with Gasteiger partial charge in [0, 0.05) is 25.1 Å². The second kappa shape index (κ2) is 8.37. The number of nitrogens with one attached hydrogen (secondary N) is 2. The molecule has 0 spiro atoms. The molecule has 1 saturated heterocycles. The lowest BCUT2D eigenvalue weighted by Crippen LogP contribution is -2.44. The Hall–Kier alpha value is -1.64. The largest absolute Gasteiger partial charge is 0.343 e. The average Bonchev–Trinajstić information content (AvgIpc) is 2.85. The van der Waals surface area contributed by atoms with Gasteiger partial charge >= 0.3 is 0 Å². The quantitative estimate of drug-likeness (QED) is 0.792. The molecule has 1 atom stereocenters. The minimum absolute atomic E-state index is 0. The number of nitrogens with zero attached hydrogens (tertiary/aromatic N) is 2. The number of piperidine rings is 1. The van der Waals surface area contributed by atoms with Crippen LogP contribution < -0.4 is 10.0 Å². The Kier molecular flexibility index (Phi) is 6.65. The smallest absolute Gasteiger partial charge is 0.263 e. The van der Waals surface area contributed by atoms with Gasteiger partial charge in [0.15, 0.2) is 0 Å². The normalized spacial score (nSPS) is 21.4. The predicted octanol–water partition coefficient (Wildman–Crippen LogP) is 1.14. The van der Waals surface area contributed by atoms with Gasteiger partial charge in [-0.1, -0.05) is 12.1 Å². The molecule has 3 rings (SSSR count). The number of rotatable bonds is 4. The van der Waals surface area contributed by atoms with Gasteiger partial charge in [0.1, 0.15) is 5.84 Å². The number of benzene rings is 1. The van der Waals surface area contributed by atoms with Crippen molar-refractivity contribution in [2.75, 3.05) is 20.1 Å². The number of carbonyl (C=O) groups excluding carboxylic acids is 1. The van der Waals surface area contributed by atoms with E-state index in [1.165, 1.54) is 0 Å². The minimum Gasteiger partial charge on any atom is -0.343 e. The molecular formula is C17H25ClN4O3S. The van der Waals surface area contributed by atoms with Crippen molar-refractivity contribution in [2.24, 2.45) is 4.99 Å². The van der Waals surface area contributed by atoms with Gasteiger partial charge in [-0.05, 0) is 45.0 Å².